The summed E-state index contributed by atoms with van der Waals surface area (Å²) in [5.41, 5.74) is 3.41. The molecule has 1 atom stereocenters. The lowest BCUT2D eigenvalue weighted by molar-refractivity contribution is -0.144. The Labute approximate surface area is 150 Å². The molecule has 8 nitrogen and oxygen atoms in total. The van der Waals surface area contributed by atoms with Gasteiger partial charge in [-0.05, 0) is 31.2 Å². The summed E-state index contributed by atoms with van der Waals surface area (Å²) in [6, 6.07) is 13.4. The molecule has 0 aliphatic rings. The number of aliphatic carboxylic acids is 1. The van der Waals surface area contributed by atoms with Gasteiger partial charge in [0.05, 0.1) is 13.3 Å². The third-order valence-corrected chi connectivity index (χ3v) is 3.27. The standard InChI is InChI=1S/C18H19N3O5/c1-12(17(22)23)26-16-13(7-6-10-15(16)25-2)11-19-21-18(24)20-14-8-4-3-5-9-14/h3-12H,1-2H3,(H,22,23)(H2,20,21,24)/b19-11+/t12-/m1/s1. The first-order valence-electron chi connectivity index (χ1n) is 7.73. The molecule has 0 heterocycles. The van der Waals surface area contributed by atoms with Crippen molar-refractivity contribution in [2.45, 2.75) is 13.0 Å². The number of nitrogens with zero attached hydrogens (tertiary/aromatic N) is 1. The highest BCUT2D eigenvalue weighted by atomic mass is 16.5. The molecule has 0 saturated heterocycles. The molecule has 2 amide bonds. The van der Waals surface area contributed by atoms with Crippen molar-refractivity contribution >= 4 is 23.9 Å². The van der Waals surface area contributed by atoms with Crippen molar-refractivity contribution in [3.8, 4) is 11.5 Å². The van der Waals surface area contributed by atoms with Gasteiger partial charge in [-0.3, -0.25) is 0 Å². The number of methoxy groups -OCH3 is 1. The molecular formula is C18H19N3O5. The molecule has 0 aliphatic carbocycles. The zero-order chi connectivity index (χ0) is 18.9. The molecule has 0 bridgehead atoms. The van der Waals surface area contributed by atoms with Crippen LogP contribution in [0.3, 0.4) is 0 Å². The quantitative estimate of drug-likeness (QED) is 0.521. The second kappa shape index (κ2) is 9.07. The number of carboxylic acids is 1. The first kappa shape index (κ1) is 18.8. The van der Waals surface area contributed by atoms with Crippen LogP contribution in [0.25, 0.3) is 0 Å². The summed E-state index contributed by atoms with van der Waals surface area (Å²) in [6.07, 6.45) is 0.268. The lowest BCUT2D eigenvalue weighted by Crippen LogP contribution is -2.25. The van der Waals surface area contributed by atoms with Gasteiger partial charge in [-0.25, -0.2) is 15.0 Å². The number of para-hydroxylation sites is 2. The van der Waals surface area contributed by atoms with E-state index in [1.54, 1.807) is 42.5 Å². The van der Waals surface area contributed by atoms with Crippen molar-refractivity contribution < 1.29 is 24.2 Å². The second-order valence-electron chi connectivity index (χ2n) is 5.17. The fraction of sp³-hybridized carbons (Fsp3) is 0.167. The van der Waals surface area contributed by atoms with Crippen molar-refractivity contribution in [3.63, 3.8) is 0 Å². The molecule has 8 heteroatoms. The van der Waals surface area contributed by atoms with Gasteiger partial charge in [0, 0.05) is 11.3 Å². The normalized spacial score (nSPS) is 11.6. The van der Waals surface area contributed by atoms with Gasteiger partial charge in [-0.1, -0.05) is 24.3 Å². The smallest absolute Gasteiger partial charge is 0.344 e. The van der Waals surface area contributed by atoms with Crippen LogP contribution in [-0.4, -0.2) is 36.5 Å². The molecule has 2 aromatic rings. The lowest BCUT2D eigenvalue weighted by atomic mass is 10.2. The van der Waals surface area contributed by atoms with E-state index in [1.165, 1.54) is 20.2 Å². The second-order valence-corrected chi connectivity index (χ2v) is 5.17. The molecular weight excluding hydrogens is 338 g/mol. The van der Waals surface area contributed by atoms with Gasteiger partial charge in [-0.15, -0.1) is 0 Å². The molecule has 0 aromatic heterocycles. The summed E-state index contributed by atoms with van der Waals surface area (Å²) in [6.45, 7) is 1.40. The molecule has 0 saturated carbocycles. The van der Waals surface area contributed by atoms with Crippen molar-refractivity contribution in [1.82, 2.24) is 5.43 Å². The van der Waals surface area contributed by atoms with Gasteiger partial charge in [0.2, 0.25) is 0 Å². The highest BCUT2D eigenvalue weighted by Gasteiger charge is 2.17. The van der Waals surface area contributed by atoms with E-state index in [9.17, 15) is 9.59 Å². The number of ether oxygens (including phenoxy) is 2. The van der Waals surface area contributed by atoms with Crippen LogP contribution in [0.15, 0.2) is 53.6 Å². The minimum absolute atomic E-state index is 0.221. The Kier molecular flexibility index (Phi) is 6.55. The molecule has 2 rings (SSSR count). The Morgan fingerprint density at radius 2 is 1.88 bits per heavy atom. The number of rotatable bonds is 7. The van der Waals surface area contributed by atoms with Crippen LogP contribution in [0, 0.1) is 0 Å². The highest BCUT2D eigenvalue weighted by molar-refractivity contribution is 5.91. The van der Waals surface area contributed by atoms with Crippen molar-refractivity contribution in [2.24, 2.45) is 5.10 Å². The van der Waals surface area contributed by atoms with Gasteiger partial charge in [0.25, 0.3) is 0 Å². The average molecular weight is 357 g/mol. The van der Waals surface area contributed by atoms with Gasteiger partial charge < -0.3 is 19.9 Å². The number of amides is 2. The molecule has 3 N–H and O–H groups in total. The van der Waals surface area contributed by atoms with Crippen molar-refractivity contribution in [2.75, 3.05) is 12.4 Å². The third kappa shape index (κ3) is 5.23. The molecule has 136 valence electrons. The van der Waals surface area contributed by atoms with E-state index < -0.39 is 18.1 Å². The molecule has 2 aromatic carbocycles. The maximum atomic E-state index is 11.8. The maximum Gasteiger partial charge on any atom is 0.344 e. The first-order valence-corrected chi connectivity index (χ1v) is 7.73. The molecule has 0 fully saturated rings. The fourth-order valence-corrected chi connectivity index (χ4v) is 1.99. The summed E-state index contributed by atoms with van der Waals surface area (Å²) >= 11 is 0. The number of carbonyl (C=O) groups excluding carboxylic acids is 1. The van der Waals surface area contributed by atoms with Crippen LogP contribution in [0.1, 0.15) is 12.5 Å². The van der Waals surface area contributed by atoms with E-state index in [0.717, 1.165) is 0 Å². The van der Waals surface area contributed by atoms with E-state index in [2.05, 4.69) is 15.8 Å². The minimum atomic E-state index is -1.11. The third-order valence-electron chi connectivity index (χ3n) is 3.27. The number of anilines is 1. The van der Waals surface area contributed by atoms with Crippen LogP contribution < -0.4 is 20.2 Å². The monoisotopic (exact) mass is 357 g/mol. The molecule has 0 aliphatic heterocycles. The number of hydrazone groups is 1. The summed E-state index contributed by atoms with van der Waals surface area (Å²) in [4.78, 5) is 22.8. The van der Waals surface area contributed by atoms with Crippen molar-refractivity contribution in [1.29, 1.82) is 0 Å². The van der Waals surface area contributed by atoms with E-state index in [1.807, 2.05) is 6.07 Å². The minimum Gasteiger partial charge on any atom is -0.493 e. The van der Waals surface area contributed by atoms with Gasteiger partial charge >= 0.3 is 12.0 Å². The van der Waals surface area contributed by atoms with E-state index in [0.29, 0.717) is 17.0 Å². The van der Waals surface area contributed by atoms with Crippen molar-refractivity contribution in [3.05, 3.63) is 54.1 Å². The Bertz CT molecular complexity index is 793. The number of nitrogens with one attached hydrogen (secondary N) is 2. The van der Waals surface area contributed by atoms with E-state index in [4.69, 9.17) is 14.6 Å². The SMILES string of the molecule is COc1cccc(/C=N/NC(=O)Nc2ccccc2)c1O[C@H](C)C(=O)O. The average Bonchev–Trinajstić information content (AvgIpc) is 2.63. The highest BCUT2D eigenvalue weighted by Crippen LogP contribution is 2.31. The van der Waals surface area contributed by atoms with E-state index >= 15 is 0 Å². The maximum absolute atomic E-state index is 11.8. The summed E-state index contributed by atoms with van der Waals surface area (Å²) in [5, 5.41) is 15.5. The topological polar surface area (TPSA) is 109 Å². The Morgan fingerprint density at radius 3 is 2.54 bits per heavy atom. The number of carboxylic acid groups (broad SMARTS) is 1. The predicted octanol–water partition coefficient (Wildman–Crippen LogP) is 2.70. The fourth-order valence-electron chi connectivity index (χ4n) is 1.99. The Morgan fingerprint density at radius 1 is 1.15 bits per heavy atom. The van der Waals surface area contributed by atoms with Crippen LogP contribution in [0.5, 0.6) is 11.5 Å². The molecule has 26 heavy (non-hydrogen) atoms. The summed E-state index contributed by atoms with van der Waals surface area (Å²) in [7, 11) is 1.44. The number of hydrogen-bond donors (Lipinski definition) is 3. The van der Waals surface area contributed by atoms with Gasteiger partial charge in [-0.2, -0.15) is 5.10 Å². The van der Waals surface area contributed by atoms with Crippen LogP contribution in [0.4, 0.5) is 10.5 Å². The van der Waals surface area contributed by atoms with Gasteiger partial charge in [0.1, 0.15) is 0 Å². The largest absolute Gasteiger partial charge is 0.493 e. The summed E-state index contributed by atoms with van der Waals surface area (Å²) < 4.78 is 10.6. The Hall–Kier alpha value is -3.55. The van der Waals surface area contributed by atoms with Crippen LogP contribution in [0.2, 0.25) is 0 Å². The zero-order valence-electron chi connectivity index (χ0n) is 14.3. The number of hydrogen-bond acceptors (Lipinski definition) is 5. The van der Waals surface area contributed by atoms with E-state index in [-0.39, 0.29) is 5.75 Å². The lowest BCUT2D eigenvalue weighted by Gasteiger charge is -2.15. The van der Waals surface area contributed by atoms with Crippen LogP contribution >= 0.6 is 0 Å². The predicted molar refractivity (Wildman–Crippen MR) is 96.9 cm³/mol. The molecule has 0 radical (unpaired) electrons. The molecule has 0 unspecified atom stereocenters. The molecule has 0 spiro atoms. The number of carbonyl (C=O) groups is 2. The van der Waals surface area contributed by atoms with Gasteiger partial charge in [0.15, 0.2) is 17.6 Å². The zero-order valence-corrected chi connectivity index (χ0v) is 14.3. The first-order chi connectivity index (χ1) is 12.5. The number of benzene rings is 2. The number of urea groups is 1. The summed E-state index contributed by atoms with van der Waals surface area (Å²) in [5.74, 6) is -0.533. The Balaban J connectivity index is 2.09. The van der Waals surface area contributed by atoms with Crippen LogP contribution in [-0.2, 0) is 4.79 Å².